The Morgan fingerprint density at radius 3 is 2.21 bits per heavy atom. The van der Waals surface area contributed by atoms with E-state index in [4.69, 9.17) is 5.26 Å². The van der Waals surface area contributed by atoms with Crippen molar-refractivity contribution in [3.63, 3.8) is 0 Å². The molecular weight excluding hydrogens is 194 g/mol. The lowest BCUT2D eigenvalue weighted by Crippen LogP contribution is -2.09. The first-order valence-corrected chi connectivity index (χ1v) is 3.51. The van der Waals surface area contributed by atoms with Crippen molar-refractivity contribution < 1.29 is 13.7 Å². The van der Waals surface area contributed by atoms with Crippen molar-refractivity contribution in [1.29, 1.82) is 5.26 Å². The van der Waals surface area contributed by atoms with E-state index in [2.05, 4.69) is 0 Å². The van der Waals surface area contributed by atoms with Crippen LogP contribution in [-0.2, 0) is 5.92 Å². The summed E-state index contributed by atoms with van der Waals surface area (Å²) in [6.07, 6.45) is 0. The predicted octanol–water partition coefficient (Wildman–Crippen LogP) is 2.21. The van der Waals surface area contributed by atoms with Gasteiger partial charge in [0.1, 0.15) is 6.07 Å². The summed E-state index contributed by atoms with van der Waals surface area (Å²) in [7, 11) is 0. The Kier molecular flexibility index (Phi) is 2.42. The Balaban J connectivity index is 3.07. The molecule has 0 radical (unpaired) electrons. The van der Waals surface area contributed by atoms with Gasteiger partial charge in [-0.15, -0.1) is 0 Å². The van der Waals surface area contributed by atoms with Gasteiger partial charge in [-0.2, -0.15) is 14.0 Å². The molecule has 0 aromatic heterocycles. The molecule has 0 amide bonds. The first-order valence-electron chi connectivity index (χ1n) is 3.51. The maximum Gasteiger partial charge on any atom is 0.357 e. The van der Waals surface area contributed by atoms with Crippen LogP contribution in [0.25, 0.3) is 0 Å². The van der Waals surface area contributed by atoms with Crippen molar-refractivity contribution in [1.82, 2.24) is 0 Å². The summed E-state index contributed by atoms with van der Waals surface area (Å²) in [5.74, 6) is -3.60. The van der Waals surface area contributed by atoms with Crippen molar-refractivity contribution in [3.05, 3.63) is 39.9 Å². The minimum Gasteiger partial charge on any atom is -0.258 e. The van der Waals surface area contributed by atoms with Gasteiger partial charge in [-0.05, 0) is 12.1 Å². The van der Waals surface area contributed by atoms with Crippen LogP contribution in [0.4, 0.5) is 14.5 Å². The fraction of sp³-hybridized carbons (Fsp3) is 0.125. The van der Waals surface area contributed by atoms with Gasteiger partial charge in [-0.25, -0.2) is 0 Å². The smallest absolute Gasteiger partial charge is 0.258 e. The molecule has 0 aliphatic carbocycles. The first-order chi connectivity index (χ1) is 6.47. The van der Waals surface area contributed by atoms with Crippen LogP contribution < -0.4 is 0 Å². The molecule has 0 N–H and O–H groups in total. The highest BCUT2D eigenvalue weighted by atomic mass is 19.3. The van der Waals surface area contributed by atoms with Gasteiger partial charge in [0.2, 0.25) is 0 Å². The second-order valence-corrected chi connectivity index (χ2v) is 2.49. The highest BCUT2D eigenvalue weighted by molar-refractivity contribution is 5.36. The number of nitrogens with zero attached hydrogens (tertiary/aromatic N) is 2. The van der Waals surface area contributed by atoms with Gasteiger partial charge in [0, 0.05) is 17.7 Å². The van der Waals surface area contributed by atoms with E-state index in [9.17, 15) is 18.9 Å². The van der Waals surface area contributed by atoms with Crippen LogP contribution in [0.2, 0.25) is 0 Å². The number of hydrogen-bond acceptors (Lipinski definition) is 3. The normalized spacial score (nSPS) is 10.6. The van der Waals surface area contributed by atoms with Gasteiger partial charge in [-0.1, -0.05) is 0 Å². The van der Waals surface area contributed by atoms with E-state index >= 15 is 0 Å². The second-order valence-electron chi connectivity index (χ2n) is 2.49. The van der Waals surface area contributed by atoms with Gasteiger partial charge in [-0.3, -0.25) is 10.1 Å². The summed E-state index contributed by atoms with van der Waals surface area (Å²) in [6.45, 7) is 0. The van der Waals surface area contributed by atoms with Crippen molar-refractivity contribution >= 4 is 5.69 Å². The fourth-order valence-electron chi connectivity index (χ4n) is 0.857. The Bertz CT molecular complexity index is 395. The number of hydrogen-bond donors (Lipinski definition) is 0. The summed E-state index contributed by atoms with van der Waals surface area (Å²) in [4.78, 5) is 9.48. The molecular formula is C8H4F2N2O2. The van der Waals surface area contributed by atoms with Gasteiger partial charge in [0.15, 0.2) is 0 Å². The van der Waals surface area contributed by atoms with E-state index in [0.717, 1.165) is 30.3 Å². The molecule has 0 unspecified atom stereocenters. The van der Waals surface area contributed by atoms with Crippen molar-refractivity contribution in [3.8, 4) is 6.07 Å². The maximum atomic E-state index is 12.7. The molecule has 0 heterocycles. The molecule has 0 aliphatic rings. The van der Waals surface area contributed by atoms with E-state index in [1.54, 1.807) is 0 Å². The summed E-state index contributed by atoms with van der Waals surface area (Å²) in [5.41, 5.74) is -0.840. The summed E-state index contributed by atoms with van der Waals surface area (Å²) < 4.78 is 25.4. The van der Waals surface area contributed by atoms with Gasteiger partial charge < -0.3 is 0 Å². The molecule has 0 atom stereocenters. The lowest BCUT2D eigenvalue weighted by Gasteiger charge is -2.05. The Morgan fingerprint density at radius 1 is 1.36 bits per heavy atom. The monoisotopic (exact) mass is 198 g/mol. The second kappa shape index (κ2) is 3.38. The Morgan fingerprint density at radius 2 is 1.86 bits per heavy atom. The average molecular weight is 198 g/mol. The fourth-order valence-corrected chi connectivity index (χ4v) is 0.857. The van der Waals surface area contributed by atoms with E-state index < -0.39 is 16.4 Å². The molecule has 72 valence electrons. The van der Waals surface area contributed by atoms with Gasteiger partial charge >= 0.3 is 5.92 Å². The number of alkyl halides is 2. The largest absolute Gasteiger partial charge is 0.357 e. The quantitative estimate of drug-likeness (QED) is 0.540. The molecule has 0 spiro atoms. The zero-order valence-corrected chi connectivity index (χ0v) is 6.78. The molecule has 0 bridgehead atoms. The minimum absolute atomic E-state index is 0.289. The molecule has 14 heavy (non-hydrogen) atoms. The predicted molar refractivity (Wildman–Crippen MR) is 42.6 cm³/mol. The third-order valence-electron chi connectivity index (χ3n) is 1.58. The van der Waals surface area contributed by atoms with Crippen molar-refractivity contribution in [2.24, 2.45) is 0 Å². The molecule has 6 heteroatoms. The van der Waals surface area contributed by atoms with Crippen molar-refractivity contribution in [2.75, 3.05) is 0 Å². The molecule has 4 nitrogen and oxygen atoms in total. The van der Waals surface area contributed by atoms with E-state index in [0.29, 0.717) is 0 Å². The highest BCUT2D eigenvalue weighted by Gasteiger charge is 2.31. The summed E-state index contributed by atoms with van der Waals surface area (Å²) in [6, 6.07) is 4.39. The number of benzene rings is 1. The molecule has 0 fully saturated rings. The topological polar surface area (TPSA) is 66.9 Å². The third kappa shape index (κ3) is 1.82. The number of nitro groups is 1. The summed E-state index contributed by atoms with van der Waals surface area (Å²) in [5, 5.41) is 18.3. The molecule has 0 aliphatic heterocycles. The molecule has 1 rings (SSSR count). The van der Waals surface area contributed by atoms with Crippen LogP contribution >= 0.6 is 0 Å². The van der Waals surface area contributed by atoms with Crippen LogP contribution in [-0.4, -0.2) is 4.92 Å². The SMILES string of the molecule is N#CC(F)(F)c1ccc([N+](=O)[O-])cc1. The van der Waals surface area contributed by atoms with E-state index in [1.807, 2.05) is 0 Å². The number of non-ortho nitro benzene ring substituents is 1. The molecule has 0 saturated carbocycles. The molecule has 1 aromatic carbocycles. The zero-order valence-electron chi connectivity index (χ0n) is 6.78. The average Bonchev–Trinajstić information content (AvgIpc) is 2.18. The molecule has 1 aromatic rings. The lowest BCUT2D eigenvalue weighted by molar-refractivity contribution is -0.384. The number of nitro benzene ring substituents is 1. The number of nitriles is 1. The van der Waals surface area contributed by atoms with Crippen LogP contribution in [0.15, 0.2) is 24.3 Å². The lowest BCUT2D eigenvalue weighted by atomic mass is 10.1. The van der Waals surface area contributed by atoms with Crippen molar-refractivity contribution in [2.45, 2.75) is 5.92 Å². The number of rotatable bonds is 2. The van der Waals surface area contributed by atoms with Gasteiger partial charge in [0.25, 0.3) is 5.69 Å². The van der Waals surface area contributed by atoms with Crippen LogP contribution in [0.5, 0.6) is 0 Å². The van der Waals surface area contributed by atoms with E-state index in [1.165, 1.54) is 0 Å². The van der Waals surface area contributed by atoms with Gasteiger partial charge in [0.05, 0.1) is 4.92 Å². The molecule has 0 saturated heterocycles. The van der Waals surface area contributed by atoms with Crippen LogP contribution in [0.3, 0.4) is 0 Å². The number of halogens is 2. The maximum absolute atomic E-state index is 12.7. The van der Waals surface area contributed by atoms with E-state index in [-0.39, 0.29) is 5.69 Å². The highest BCUT2D eigenvalue weighted by Crippen LogP contribution is 2.27. The van der Waals surface area contributed by atoms with Crippen LogP contribution in [0.1, 0.15) is 5.56 Å². The Hall–Kier alpha value is -2.03. The first kappa shape index (κ1) is 10.1. The van der Waals surface area contributed by atoms with Crippen LogP contribution in [0, 0.1) is 21.4 Å². The summed E-state index contributed by atoms with van der Waals surface area (Å²) >= 11 is 0. The Labute approximate surface area is 77.5 Å². The standard InChI is InChI=1S/C8H4F2N2O2/c9-8(10,5-11)6-1-3-7(4-2-6)12(13)14/h1-4H. The minimum atomic E-state index is -3.60. The zero-order chi connectivity index (χ0) is 10.8. The third-order valence-corrected chi connectivity index (χ3v) is 1.58.